The van der Waals surface area contributed by atoms with Gasteiger partial charge in [-0.25, -0.2) is 0 Å². The zero-order valence-corrected chi connectivity index (χ0v) is 23.2. The summed E-state index contributed by atoms with van der Waals surface area (Å²) in [5.41, 5.74) is 2.97. The third-order valence-electron chi connectivity index (χ3n) is 8.18. The molecule has 1 aliphatic heterocycles. The summed E-state index contributed by atoms with van der Waals surface area (Å²) in [5, 5.41) is 50.4. The first-order chi connectivity index (χ1) is 19.1. The fraction of sp³-hybridized carbons (Fsp3) is 0.467. The predicted octanol–water partition coefficient (Wildman–Crippen LogP) is 2.16. The van der Waals surface area contributed by atoms with Crippen LogP contribution in [-0.4, -0.2) is 57.0 Å². The molecule has 1 fully saturated rings. The van der Waals surface area contributed by atoms with E-state index in [0.717, 1.165) is 22.5 Å². The zero-order chi connectivity index (χ0) is 29.1. The number of aliphatic hydroxyl groups is 3. The molecule has 2 aliphatic rings. The summed E-state index contributed by atoms with van der Waals surface area (Å²) in [6, 6.07) is 9.51. The van der Waals surface area contributed by atoms with E-state index in [2.05, 4.69) is 0 Å². The van der Waals surface area contributed by atoms with Crippen molar-refractivity contribution >= 4 is 36.2 Å². The average molecular weight is 551 g/mol. The topological polar surface area (TPSA) is 152 Å². The fourth-order valence-electron chi connectivity index (χ4n) is 6.11. The second kappa shape index (κ2) is 12.7. The number of allylic oxidation sites excluding steroid dienone is 2. The van der Waals surface area contributed by atoms with Crippen molar-refractivity contribution in [3.05, 3.63) is 64.6 Å². The van der Waals surface area contributed by atoms with Crippen molar-refractivity contribution in [3.8, 4) is 0 Å². The molecule has 10 heteroatoms. The Balaban J connectivity index is 1.61. The van der Waals surface area contributed by atoms with Crippen LogP contribution >= 0.6 is 0 Å². The number of furan rings is 1. The summed E-state index contributed by atoms with van der Waals surface area (Å²) >= 11 is 0. The van der Waals surface area contributed by atoms with Gasteiger partial charge in [-0.05, 0) is 73.0 Å². The van der Waals surface area contributed by atoms with Crippen LogP contribution < -0.4 is 10.4 Å². The Labute approximate surface area is 234 Å². The van der Waals surface area contributed by atoms with Crippen molar-refractivity contribution in [1.29, 1.82) is 0 Å². The molecule has 1 saturated heterocycles. The maximum atomic E-state index is 13.7. The molecule has 0 unspecified atom stereocenters. The molecule has 0 bridgehead atoms. The lowest BCUT2D eigenvalue weighted by molar-refractivity contribution is -0.123. The number of hydrogen-bond acceptors (Lipinski definition) is 8. The third kappa shape index (κ3) is 5.87. The number of rotatable bonds is 11. The van der Waals surface area contributed by atoms with Gasteiger partial charge in [0.05, 0.1) is 30.2 Å². The number of amides is 2. The van der Waals surface area contributed by atoms with Crippen molar-refractivity contribution in [2.45, 2.75) is 59.2 Å². The number of benzene rings is 1. The van der Waals surface area contributed by atoms with E-state index in [1.807, 2.05) is 26.8 Å². The van der Waals surface area contributed by atoms with Gasteiger partial charge in [0.1, 0.15) is 18.1 Å². The molecule has 214 valence electrons. The molecule has 0 saturated carbocycles. The molecule has 0 radical (unpaired) electrons. The molecule has 1 aliphatic carbocycles. The van der Waals surface area contributed by atoms with Crippen LogP contribution in [0.1, 0.15) is 58.0 Å². The quantitative estimate of drug-likeness (QED) is 0.162. The normalized spacial score (nSPS) is 22.4. The van der Waals surface area contributed by atoms with Crippen molar-refractivity contribution in [2.75, 3.05) is 11.5 Å². The number of nitrogens with zero attached hydrogens (tertiary/aromatic N) is 1. The van der Waals surface area contributed by atoms with Crippen molar-refractivity contribution in [2.24, 2.45) is 23.7 Å². The molecule has 1 aromatic heterocycles. The highest BCUT2D eigenvalue weighted by Crippen LogP contribution is 2.48. The van der Waals surface area contributed by atoms with Gasteiger partial charge in [-0.3, -0.25) is 14.5 Å². The number of imide groups is 1. The Morgan fingerprint density at radius 1 is 1.15 bits per heavy atom. The van der Waals surface area contributed by atoms with Crippen molar-refractivity contribution in [3.63, 3.8) is 0 Å². The van der Waals surface area contributed by atoms with Crippen LogP contribution in [0.15, 0.2) is 57.5 Å². The standard InChI is InChI=1S/C30H38BNO8/c1-4-18(12-21-9-10-22(15-33)40-21)8-11-26(35)27-23(17(2)3)14-24-28(25(27)16-34)30(37)32(29(24)36)20-7-5-6-19(13-20)31(38)39/h5-7,9-10,12-13,17,24-26,28,33-35,38-39H,4,8,11,14-16H2,1-3H3/b18-12+/t24-,25+,26-,28-/m1/s1. The maximum Gasteiger partial charge on any atom is 0.488 e. The van der Waals surface area contributed by atoms with E-state index in [1.165, 1.54) is 12.1 Å². The average Bonchev–Trinajstić information content (AvgIpc) is 3.50. The highest BCUT2D eigenvalue weighted by molar-refractivity contribution is 6.58. The van der Waals surface area contributed by atoms with Crippen LogP contribution in [0.4, 0.5) is 5.69 Å². The van der Waals surface area contributed by atoms with E-state index < -0.39 is 43.5 Å². The monoisotopic (exact) mass is 551 g/mol. The molecule has 9 nitrogen and oxygen atoms in total. The van der Waals surface area contributed by atoms with Gasteiger partial charge in [-0.15, -0.1) is 0 Å². The van der Waals surface area contributed by atoms with E-state index in [-0.39, 0.29) is 29.6 Å². The van der Waals surface area contributed by atoms with Gasteiger partial charge >= 0.3 is 7.12 Å². The van der Waals surface area contributed by atoms with E-state index in [9.17, 15) is 35.0 Å². The van der Waals surface area contributed by atoms with Crippen LogP contribution in [0.2, 0.25) is 0 Å². The smallest absolute Gasteiger partial charge is 0.459 e. The first kappa shape index (κ1) is 30.0. The number of fused-ring (bicyclic) bond motifs is 1. The van der Waals surface area contributed by atoms with E-state index in [0.29, 0.717) is 36.4 Å². The molecule has 2 heterocycles. The molecular formula is C30H38BNO8. The first-order valence-electron chi connectivity index (χ1n) is 13.9. The predicted molar refractivity (Wildman–Crippen MR) is 151 cm³/mol. The molecule has 40 heavy (non-hydrogen) atoms. The number of carbonyl (C=O) groups excluding carboxylic acids is 2. The van der Waals surface area contributed by atoms with Gasteiger partial charge in [-0.2, -0.15) is 0 Å². The Morgan fingerprint density at radius 2 is 1.90 bits per heavy atom. The lowest BCUT2D eigenvalue weighted by Crippen LogP contribution is -2.40. The number of hydrogen-bond donors (Lipinski definition) is 5. The lowest BCUT2D eigenvalue weighted by atomic mass is 9.66. The maximum absolute atomic E-state index is 13.7. The van der Waals surface area contributed by atoms with E-state index in [4.69, 9.17) is 4.42 Å². The summed E-state index contributed by atoms with van der Waals surface area (Å²) < 4.78 is 5.57. The zero-order valence-electron chi connectivity index (χ0n) is 23.2. The van der Waals surface area contributed by atoms with E-state index >= 15 is 0 Å². The highest BCUT2D eigenvalue weighted by atomic mass is 16.4. The minimum absolute atomic E-state index is 0.00863. The minimum Gasteiger partial charge on any atom is -0.459 e. The van der Waals surface area contributed by atoms with Crippen molar-refractivity contribution < 1.29 is 39.4 Å². The van der Waals surface area contributed by atoms with Gasteiger partial charge in [0.15, 0.2) is 0 Å². The van der Waals surface area contributed by atoms with Crippen LogP contribution in [0.25, 0.3) is 6.08 Å². The fourth-order valence-corrected chi connectivity index (χ4v) is 6.11. The van der Waals surface area contributed by atoms with Gasteiger partial charge < -0.3 is 29.8 Å². The van der Waals surface area contributed by atoms with Crippen LogP contribution in [0.5, 0.6) is 0 Å². The number of anilines is 1. The molecule has 2 amide bonds. The number of carbonyl (C=O) groups is 2. The SMILES string of the molecule is CC/C(=C\c1ccc(CO)o1)CC[C@@H](O)C1=C(C(C)C)C[C@H]2C(=O)N(c3cccc(B(O)O)c3)C(=O)[C@H]2[C@H]1CO. The molecule has 4 atom stereocenters. The highest BCUT2D eigenvalue weighted by Gasteiger charge is 2.55. The number of aliphatic hydroxyl groups excluding tert-OH is 3. The second-order valence-electron chi connectivity index (χ2n) is 10.9. The summed E-state index contributed by atoms with van der Waals surface area (Å²) in [4.78, 5) is 28.4. The molecule has 4 rings (SSSR count). The van der Waals surface area contributed by atoms with Gasteiger partial charge in [0.2, 0.25) is 11.8 Å². The lowest BCUT2D eigenvalue weighted by Gasteiger charge is -2.38. The summed E-state index contributed by atoms with van der Waals surface area (Å²) in [5.74, 6) is -1.98. The van der Waals surface area contributed by atoms with Gasteiger partial charge in [0, 0.05) is 5.92 Å². The van der Waals surface area contributed by atoms with Crippen molar-refractivity contribution in [1.82, 2.24) is 0 Å². The molecule has 0 spiro atoms. The molecule has 1 aromatic carbocycles. The molecule has 5 N–H and O–H groups in total. The van der Waals surface area contributed by atoms with Gasteiger partial charge in [-0.1, -0.05) is 44.1 Å². The Kier molecular flexibility index (Phi) is 9.48. The molecular weight excluding hydrogens is 513 g/mol. The van der Waals surface area contributed by atoms with Gasteiger partial charge in [0.25, 0.3) is 0 Å². The minimum atomic E-state index is -1.75. The van der Waals surface area contributed by atoms with Crippen LogP contribution in [0.3, 0.4) is 0 Å². The Hall–Kier alpha value is -3.02. The Morgan fingerprint density at radius 3 is 2.50 bits per heavy atom. The largest absolute Gasteiger partial charge is 0.488 e. The van der Waals surface area contributed by atoms with Crippen LogP contribution in [-0.2, 0) is 16.2 Å². The van der Waals surface area contributed by atoms with Crippen LogP contribution in [0, 0.1) is 23.7 Å². The summed E-state index contributed by atoms with van der Waals surface area (Å²) in [6.45, 7) is 5.40. The molecule has 2 aromatic rings. The van der Waals surface area contributed by atoms with E-state index in [1.54, 1.807) is 24.3 Å². The first-order valence-corrected chi connectivity index (χ1v) is 13.9. The third-order valence-corrected chi connectivity index (χ3v) is 8.18. The summed E-state index contributed by atoms with van der Waals surface area (Å²) in [7, 11) is -1.75. The summed E-state index contributed by atoms with van der Waals surface area (Å²) in [6.07, 6.45) is 2.95. The second-order valence-corrected chi connectivity index (χ2v) is 10.9. The Bertz CT molecular complexity index is 1300.